The Hall–Kier alpha value is -3.96. The van der Waals surface area contributed by atoms with Crippen LogP contribution in [-0.2, 0) is 0 Å². The van der Waals surface area contributed by atoms with Crippen molar-refractivity contribution in [3.05, 3.63) is 120 Å². The van der Waals surface area contributed by atoms with E-state index < -0.39 is 0 Å². The lowest BCUT2D eigenvalue weighted by Gasteiger charge is -2.06. The first-order valence-electron chi connectivity index (χ1n) is 12.0. The summed E-state index contributed by atoms with van der Waals surface area (Å²) >= 11 is 0. The van der Waals surface area contributed by atoms with Gasteiger partial charge in [0.1, 0.15) is 0 Å². The Morgan fingerprint density at radius 2 is 1.51 bits per heavy atom. The molecule has 4 aromatic carbocycles. The van der Waals surface area contributed by atoms with E-state index in [-0.39, 0.29) is 5.78 Å². The van der Waals surface area contributed by atoms with Gasteiger partial charge in [0, 0.05) is 5.56 Å². The highest BCUT2D eigenvalue weighted by atomic mass is 16.1. The second-order valence-electron chi connectivity index (χ2n) is 7.93. The van der Waals surface area contributed by atoms with E-state index in [0.29, 0.717) is 0 Å². The number of benzene rings is 4. The second kappa shape index (κ2) is 15.0. The summed E-state index contributed by atoms with van der Waals surface area (Å²) in [6, 6.07) is 26.1. The Morgan fingerprint density at radius 1 is 0.914 bits per heavy atom. The number of carbonyl (C=O) groups is 1. The Kier molecular flexibility index (Phi) is 12.5. The van der Waals surface area contributed by atoms with Crippen LogP contribution >= 0.6 is 0 Å². The molecule has 0 aliphatic carbocycles. The molecule has 2 heteroatoms. The fourth-order valence-corrected chi connectivity index (χ4v) is 3.43. The van der Waals surface area contributed by atoms with E-state index in [1.807, 2.05) is 75.4 Å². The van der Waals surface area contributed by atoms with Crippen molar-refractivity contribution < 1.29 is 4.79 Å². The third-order valence-corrected chi connectivity index (χ3v) is 5.36. The van der Waals surface area contributed by atoms with E-state index in [0.717, 1.165) is 44.8 Å². The lowest BCUT2D eigenvalue weighted by Crippen LogP contribution is -1.97. The lowest BCUT2D eigenvalue weighted by atomic mass is 9.97. The van der Waals surface area contributed by atoms with E-state index in [1.165, 1.54) is 10.9 Å². The number of allylic oxidation sites excluding steroid dienone is 2. The zero-order valence-corrected chi connectivity index (χ0v) is 22.0. The Bertz CT molecular complexity index is 1340. The molecule has 0 aromatic heterocycles. The van der Waals surface area contributed by atoms with Crippen molar-refractivity contribution in [1.82, 2.24) is 0 Å². The third-order valence-electron chi connectivity index (χ3n) is 5.36. The zero-order chi connectivity index (χ0) is 26.4. The molecule has 0 aliphatic rings. The molecule has 0 amide bonds. The second-order valence-corrected chi connectivity index (χ2v) is 7.93. The number of nitrogens with zero attached hydrogens (tertiary/aromatic N) is 1. The average molecular weight is 464 g/mol. The number of aryl methyl sites for hydroxylation is 2. The van der Waals surface area contributed by atoms with E-state index in [1.54, 1.807) is 13.0 Å². The maximum Gasteiger partial charge on any atom is 0.160 e. The summed E-state index contributed by atoms with van der Waals surface area (Å²) in [5.41, 5.74) is 4.97. The summed E-state index contributed by atoms with van der Waals surface area (Å²) in [5, 5.41) is 13.2. The van der Waals surface area contributed by atoms with Crippen LogP contribution in [0.4, 0.5) is 0 Å². The molecule has 0 aliphatic heterocycles. The number of carbonyl (C=O) groups excluding carboxylic acids is 1. The maximum atomic E-state index is 11.5. The molecular weight excluding hydrogens is 426 g/mol. The quantitative estimate of drug-likeness (QED) is 0.224. The van der Waals surface area contributed by atoms with E-state index in [9.17, 15) is 4.79 Å². The molecule has 0 radical (unpaired) electrons. The molecular formula is C33H37NO. The third kappa shape index (κ3) is 8.72. The standard InChI is InChI=1S/C13H12O.C12H9N.C6H10.C2H6/c1-9-7-8-11-5-3-4-6-12(11)13(9)10(2)14;1-9-2-4-12-7-10(8-13)3-5-11(12)6-9;1-4-6(3)5-2;1-2/h3-8H,1-2H3;2-7H,1H3;4H,1,3,5H2,2H3;1-2H3. The van der Waals surface area contributed by atoms with Gasteiger partial charge in [-0.3, -0.25) is 4.79 Å². The van der Waals surface area contributed by atoms with Crippen LogP contribution in [-0.4, -0.2) is 5.78 Å². The predicted octanol–water partition coefficient (Wildman–Crippen LogP) is 9.54. The van der Waals surface area contributed by atoms with Gasteiger partial charge in [-0.1, -0.05) is 112 Å². The van der Waals surface area contributed by atoms with Gasteiger partial charge >= 0.3 is 0 Å². The van der Waals surface area contributed by atoms with Gasteiger partial charge in [-0.05, 0) is 66.4 Å². The summed E-state index contributed by atoms with van der Waals surface area (Å²) in [5.74, 6) is 0.138. The highest BCUT2D eigenvalue weighted by molar-refractivity contribution is 6.08. The minimum absolute atomic E-state index is 0.138. The molecule has 0 saturated heterocycles. The van der Waals surface area contributed by atoms with Gasteiger partial charge in [0.2, 0.25) is 0 Å². The van der Waals surface area contributed by atoms with Gasteiger partial charge in [0.25, 0.3) is 0 Å². The van der Waals surface area contributed by atoms with Crippen molar-refractivity contribution in [3.8, 4) is 6.07 Å². The van der Waals surface area contributed by atoms with E-state index in [2.05, 4.69) is 51.3 Å². The van der Waals surface area contributed by atoms with Gasteiger partial charge in [0.05, 0.1) is 11.6 Å². The fraction of sp³-hybridized carbons (Fsp3) is 0.212. The van der Waals surface area contributed by atoms with Crippen LogP contribution in [0, 0.1) is 25.2 Å². The molecule has 4 rings (SSSR count). The lowest BCUT2D eigenvalue weighted by molar-refractivity contribution is 0.101. The summed E-state index contributed by atoms with van der Waals surface area (Å²) in [6.45, 7) is 18.9. The molecule has 0 bridgehead atoms. The first-order valence-corrected chi connectivity index (χ1v) is 12.0. The summed E-state index contributed by atoms with van der Waals surface area (Å²) in [4.78, 5) is 11.5. The van der Waals surface area contributed by atoms with Crippen LogP contribution in [0.1, 0.15) is 61.2 Å². The van der Waals surface area contributed by atoms with Crippen LogP contribution in [0.2, 0.25) is 0 Å². The largest absolute Gasteiger partial charge is 0.294 e. The summed E-state index contributed by atoms with van der Waals surface area (Å²) in [7, 11) is 0. The summed E-state index contributed by atoms with van der Waals surface area (Å²) in [6.07, 6.45) is 2.80. The highest BCUT2D eigenvalue weighted by Gasteiger charge is 2.07. The summed E-state index contributed by atoms with van der Waals surface area (Å²) < 4.78 is 0. The molecule has 0 saturated carbocycles. The van der Waals surface area contributed by atoms with Crippen molar-refractivity contribution in [2.24, 2.45) is 0 Å². The van der Waals surface area contributed by atoms with Crippen LogP contribution in [0.25, 0.3) is 21.5 Å². The zero-order valence-electron chi connectivity index (χ0n) is 22.0. The predicted molar refractivity (Wildman–Crippen MR) is 153 cm³/mol. The molecule has 2 nitrogen and oxygen atoms in total. The Labute approximate surface area is 211 Å². The first kappa shape index (κ1) is 29.1. The number of nitriles is 1. The van der Waals surface area contributed by atoms with Gasteiger partial charge in [-0.25, -0.2) is 0 Å². The fourth-order valence-electron chi connectivity index (χ4n) is 3.43. The monoisotopic (exact) mass is 463 g/mol. The topological polar surface area (TPSA) is 40.9 Å². The van der Waals surface area contributed by atoms with Gasteiger partial charge in [-0.2, -0.15) is 5.26 Å². The van der Waals surface area contributed by atoms with Crippen molar-refractivity contribution >= 4 is 27.3 Å². The van der Waals surface area contributed by atoms with Crippen LogP contribution < -0.4 is 0 Å². The minimum Gasteiger partial charge on any atom is -0.294 e. The average Bonchev–Trinajstić information content (AvgIpc) is 2.89. The first-order chi connectivity index (χ1) is 16.8. The molecule has 0 heterocycles. The SMILES string of the molecule is C=CC(=C)CC.CC.CC(=O)c1c(C)ccc2ccccc12.Cc1ccc2cc(C#N)ccc2c1. The molecule has 4 aromatic rings. The smallest absolute Gasteiger partial charge is 0.160 e. The van der Waals surface area contributed by atoms with Crippen molar-refractivity contribution in [2.75, 3.05) is 0 Å². The number of ketones is 1. The number of rotatable bonds is 3. The molecule has 0 fully saturated rings. The van der Waals surface area contributed by atoms with Crippen LogP contribution in [0.15, 0.2) is 97.6 Å². The number of hydrogen-bond donors (Lipinski definition) is 0. The van der Waals surface area contributed by atoms with Crippen molar-refractivity contribution in [2.45, 2.75) is 48.0 Å². The normalized spacial score (nSPS) is 9.29. The maximum absolute atomic E-state index is 11.5. The van der Waals surface area contributed by atoms with Crippen molar-refractivity contribution in [3.63, 3.8) is 0 Å². The number of fused-ring (bicyclic) bond motifs is 2. The minimum atomic E-state index is 0.138. The van der Waals surface area contributed by atoms with E-state index in [4.69, 9.17) is 5.26 Å². The number of Topliss-reactive ketones (excluding diaryl/α,β-unsaturated/α-hetero) is 1. The Balaban J connectivity index is 0.000000272. The van der Waals surface area contributed by atoms with Gasteiger partial charge in [0.15, 0.2) is 5.78 Å². The van der Waals surface area contributed by atoms with Gasteiger partial charge in [-0.15, -0.1) is 0 Å². The van der Waals surface area contributed by atoms with Crippen molar-refractivity contribution in [1.29, 1.82) is 5.26 Å². The highest BCUT2D eigenvalue weighted by Crippen LogP contribution is 2.22. The molecule has 0 N–H and O–H groups in total. The van der Waals surface area contributed by atoms with Gasteiger partial charge < -0.3 is 0 Å². The van der Waals surface area contributed by atoms with Crippen LogP contribution in [0.3, 0.4) is 0 Å². The van der Waals surface area contributed by atoms with E-state index >= 15 is 0 Å². The molecule has 0 atom stereocenters. The van der Waals surface area contributed by atoms with Crippen LogP contribution in [0.5, 0.6) is 0 Å². The molecule has 0 spiro atoms. The molecule has 0 unspecified atom stereocenters. The number of hydrogen-bond acceptors (Lipinski definition) is 2. The Morgan fingerprint density at radius 3 is 2.09 bits per heavy atom. The molecule has 180 valence electrons. The molecule has 35 heavy (non-hydrogen) atoms.